The molecule has 0 spiro atoms. The molecule has 0 atom stereocenters. The van der Waals surface area contributed by atoms with Gasteiger partial charge < -0.3 is 4.90 Å². The quantitative estimate of drug-likeness (QED) is 0.686. The largest absolute Gasteiger partial charge is 0.306 e. The topological polar surface area (TPSA) is 33.2 Å². The Morgan fingerprint density at radius 1 is 0.917 bits per heavy atom. The van der Waals surface area contributed by atoms with Crippen molar-refractivity contribution in [3.8, 4) is 0 Å². The third kappa shape index (κ3) is 4.21. The van der Waals surface area contributed by atoms with Crippen molar-refractivity contribution in [2.24, 2.45) is 0 Å². The van der Waals surface area contributed by atoms with E-state index in [1.165, 1.54) is 0 Å². The van der Waals surface area contributed by atoms with Crippen LogP contribution in [0.3, 0.4) is 0 Å². The van der Waals surface area contributed by atoms with Gasteiger partial charge in [0.05, 0.1) is 18.7 Å². The van der Waals surface area contributed by atoms with Crippen LogP contribution in [0, 0.1) is 0 Å². The summed E-state index contributed by atoms with van der Waals surface area (Å²) in [5, 5.41) is 0.645. The molecule has 1 aromatic heterocycles. The fraction of sp³-hybridized carbons (Fsp3) is 0.100. The molecule has 0 saturated heterocycles. The Kier molecular flexibility index (Phi) is 5.24. The van der Waals surface area contributed by atoms with Crippen LogP contribution < -0.4 is 4.90 Å². The number of amides is 1. The Hall–Kier alpha value is -2.65. The molecule has 4 heteroatoms. The first kappa shape index (κ1) is 16.2. The van der Waals surface area contributed by atoms with E-state index in [4.69, 9.17) is 11.6 Å². The van der Waals surface area contributed by atoms with E-state index in [0.717, 1.165) is 16.9 Å². The number of hydrogen-bond acceptors (Lipinski definition) is 2. The molecule has 0 aliphatic rings. The highest BCUT2D eigenvalue weighted by Crippen LogP contribution is 2.21. The molecule has 3 rings (SSSR count). The molecule has 0 bridgehead atoms. The maximum absolute atomic E-state index is 12.9. The van der Waals surface area contributed by atoms with Gasteiger partial charge in [0.25, 0.3) is 0 Å². The molecule has 0 radical (unpaired) electrons. The first-order valence-electron chi connectivity index (χ1n) is 7.72. The van der Waals surface area contributed by atoms with Gasteiger partial charge in [-0.15, -0.1) is 0 Å². The van der Waals surface area contributed by atoms with Crippen LogP contribution in [0.2, 0.25) is 5.02 Å². The lowest BCUT2D eigenvalue weighted by Crippen LogP contribution is -2.32. The Bertz CT molecular complexity index is 789. The van der Waals surface area contributed by atoms with Crippen molar-refractivity contribution >= 4 is 23.2 Å². The van der Waals surface area contributed by atoms with E-state index in [1.54, 1.807) is 23.2 Å². The summed E-state index contributed by atoms with van der Waals surface area (Å²) in [6.45, 7) is 0.425. The molecule has 1 heterocycles. The first-order chi connectivity index (χ1) is 11.7. The van der Waals surface area contributed by atoms with E-state index in [-0.39, 0.29) is 5.91 Å². The van der Waals surface area contributed by atoms with E-state index < -0.39 is 0 Å². The van der Waals surface area contributed by atoms with Crippen LogP contribution in [0.25, 0.3) is 0 Å². The van der Waals surface area contributed by atoms with Gasteiger partial charge >= 0.3 is 0 Å². The van der Waals surface area contributed by atoms with Crippen LogP contribution in [0.5, 0.6) is 0 Å². The second-order valence-corrected chi connectivity index (χ2v) is 5.88. The van der Waals surface area contributed by atoms with Gasteiger partial charge in [0, 0.05) is 16.9 Å². The molecule has 24 heavy (non-hydrogen) atoms. The summed E-state index contributed by atoms with van der Waals surface area (Å²) in [4.78, 5) is 18.9. The minimum absolute atomic E-state index is 0.0224. The van der Waals surface area contributed by atoms with Crippen molar-refractivity contribution < 1.29 is 4.79 Å². The standard InChI is InChI=1S/C20H17ClN2O/c21-17-9-11-19(12-10-17)23(15-18-8-4-5-13-22-18)20(24)14-16-6-2-1-3-7-16/h1-13H,14-15H2. The number of aromatic nitrogens is 1. The fourth-order valence-electron chi connectivity index (χ4n) is 2.46. The maximum Gasteiger partial charge on any atom is 0.231 e. The summed E-state index contributed by atoms with van der Waals surface area (Å²) in [6, 6.07) is 22.7. The molecule has 0 N–H and O–H groups in total. The minimum Gasteiger partial charge on any atom is -0.306 e. The van der Waals surface area contributed by atoms with E-state index in [2.05, 4.69) is 4.98 Å². The van der Waals surface area contributed by atoms with Crippen LogP contribution in [-0.4, -0.2) is 10.9 Å². The van der Waals surface area contributed by atoms with Gasteiger partial charge in [0.15, 0.2) is 0 Å². The summed E-state index contributed by atoms with van der Waals surface area (Å²) in [7, 11) is 0. The number of benzene rings is 2. The van der Waals surface area contributed by atoms with Crippen LogP contribution in [-0.2, 0) is 17.8 Å². The predicted octanol–water partition coefficient (Wildman–Crippen LogP) is 4.51. The van der Waals surface area contributed by atoms with Gasteiger partial charge in [-0.3, -0.25) is 9.78 Å². The molecule has 0 fully saturated rings. The van der Waals surface area contributed by atoms with Crippen molar-refractivity contribution in [1.82, 2.24) is 4.98 Å². The molecule has 2 aromatic carbocycles. The van der Waals surface area contributed by atoms with E-state index in [0.29, 0.717) is 18.0 Å². The highest BCUT2D eigenvalue weighted by atomic mass is 35.5. The Morgan fingerprint density at radius 3 is 2.29 bits per heavy atom. The number of carbonyl (C=O) groups is 1. The first-order valence-corrected chi connectivity index (χ1v) is 8.10. The number of halogens is 1. The maximum atomic E-state index is 12.9. The zero-order chi connectivity index (χ0) is 16.8. The SMILES string of the molecule is O=C(Cc1ccccc1)N(Cc1ccccn1)c1ccc(Cl)cc1. The average molecular weight is 337 g/mol. The Labute approximate surface area is 146 Å². The van der Waals surface area contributed by atoms with Crippen LogP contribution in [0.1, 0.15) is 11.3 Å². The summed E-state index contributed by atoms with van der Waals surface area (Å²) in [6.07, 6.45) is 2.08. The molecule has 0 saturated carbocycles. The summed E-state index contributed by atoms with van der Waals surface area (Å²) in [5.74, 6) is 0.0224. The number of rotatable bonds is 5. The van der Waals surface area contributed by atoms with Crippen LogP contribution in [0.4, 0.5) is 5.69 Å². The van der Waals surface area contributed by atoms with Crippen molar-refractivity contribution in [2.75, 3.05) is 4.90 Å². The van der Waals surface area contributed by atoms with Gasteiger partial charge in [-0.2, -0.15) is 0 Å². The Balaban J connectivity index is 1.86. The monoisotopic (exact) mass is 336 g/mol. The molecule has 0 aliphatic heterocycles. The summed E-state index contributed by atoms with van der Waals surface area (Å²) >= 11 is 5.97. The molecule has 120 valence electrons. The number of nitrogens with zero attached hydrogens (tertiary/aromatic N) is 2. The second kappa shape index (κ2) is 7.75. The number of anilines is 1. The molecule has 0 aliphatic carbocycles. The Morgan fingerprint density at radius 2 is 1.62 bits per heavy atom. The number of hydrogen-bond donors (Lipinski definition) is 0. The number of carbonyl (C=O) groups excluding carboxylic acids is 1. The molecule has 3 aromatic rings. The van der Waals surface area contributed by atoms with Crippen molar-refractivity contribution in [1.29, 1.82) is 0 Å². The fourth-order valence-corrected chi connectivity index (χ4v) is 2.59. The third-order valence-electron chi connectivity index (χ3n) is 3.68. The average Bonchev–Trinajstić information content (AvgIpc) is 2.62. The third-order valence-corrected chi connectivity index (χ3v) is 3.94. The van der Waals surface area contributed by atoms with Gasteiger partial charge in [0.2, 0.25) is 5.91 Å². The minimum atomic E-state index is 0.0224. The normalized spacial score (nSPS) is 10.4. The van der Waals surface area contributed by atoms with Crippen LogP contribution >= 0.6 is 11.6 Å². The smallest absolute Gasteiger partial charge is 0.231 e. The zero-order valence-corrected chi connectivity index (χ0v) is 13.9. The van der Waals surface area contributed by atoms with Gasteiger partial charge in [-0.05, 0) is 42.0 Å². The van der Waals surface area contributed by atoms with Gasteiger partial charge in [0.1, 0.15) is 0 Å². The molecular formula is C20H17ClN2O. The van der Waals surface area contributed by atoms with Crippen molar-refractivity contribution in [3.63, 3.8) is 0 Å². The van der Waals surface area contributed by atoms with Crippen molar-refractivity contribution in [3.05, 3.63) is 95.3 Å². The second-order valence-electron chi connectivity index (χ2n) is 5.44. The molecule has 3 nitrogen and oxygen atoms in total. The van der Waals surface area contributed by atoms with Crippen LogP contribution in [0.15, 0.2) is 79.0 Å². The predicted molar refractivity (Wildman–Crippen MR) is 97.0 cm³/mol. The van der Waals surface area contributed by atoms with Gasteiger partial charge in [-0.1, -0.05) is 48.0 Å². The van der Waals surface area contributed by atoms with E-state index >= 15 is 0 Å². The van der Waals surface area contributed by atoms with E-state index in [1.807, 2.05) is 60.7 Å². The van der Waals surface area contributed by atoms with Crippen molar-refractivity contribution in [2.45, 2.75) is 13.0 Å². The zero-order valence-electron chi connectivity index (χ0n) is 13.1. The lowest BCUT2D eigenvalue weighted by atomic mass is 10.1. The summed E-state index contributed by atoms with van der Waals surface area (Å²) in [5.41, 5.74) is 2.64. The van der Waals surface area contributed by atoms with E-state index in [9.17, 15) is 4.79 Å². The molecule has 0 unspecified atom stereocenters. The lowest BCUT2D eigenvalue weighted by Gasteiger charge is -2.23. The molecular weight excluding hydrogens is 320 g/mol. The highest BCUT2D eigenvalue weighted by Gasteiger charge is 2.17. The molecule has 1 amide bonds. The number of pyridine rings is 1. The lowest BCUT2D eigenvalue weighted by molar-refractivity contribution is -0.118. The van der Waals surface area contributed by atoms with Gasteiger partial charge in [-0.25, -0.2) is 0 Å². The highest BCUT2D eigenvalue weighted by molar-refractivity contribution is 6.30. The summed E-state index contributed by atoms with van der Waals surface area (Å²) < 4.78 is 0.